The second-order valence-corrected chi connectivity index (χ2v) is 6.56. The molecule has 2 fully saturated rings. The molecule has 0 radical (unpaired) electrons. The maximum atomic E-state index is 12.4. The lowest BCUT2D eigenvalue weighted by Gasteiger charge is -2.19. The van der Waals surface area contributed by atoms with Crippen LogP contribution in [-0.4, -0.2) is 41.1 Å². The molecule has 2 aliphatic rings. The standard InChI is InChI=1S/C18H23NO4/c1-12-6-8-14(9-7-12)23-11-13(20)10-19-17(21)15-4-2-3-5-16(15)18(19)22/h6-9,13,15-16,20H,2-5,10-11H2,1H3/t13-,15+,16+/m1/s1. The van der Waals surface area contributed by atoms with Crippen LogP contribution in [0.15, 0.2) is 24.3 Å². The van der Waals surface area contributed by atoms with Crippen molar-refractivity contribution in [3.05, 3.63) is 29.8 Å². The van der Waals surface area contributed by atoms with Gasteiger partial charge in [-0.2, -0.15) is 0 Å². The molecule has 1 aliphatic carbocycles. The van der Waals surface area contributed by atoms with Gasteiger partial charge < -0.3 is 9.84 Å². The molecular formula is C18H23NO4. The van der Waals surface area contributed by atoms with Crippen molar-refractivity contribution in [1.29, 1.82) is 0 Å². The van der Waals surface area contributed by atoms with Crippen molar-refractivity contribution in [2.24, 2.45) is 11.8 Å². The van der Waals surface area contributed by atoms with Crippen LogP contribution in [0.1, 0.15) is 31.2 Å². The number of fused-ring (bicyclic) bond motifs is 1. The number of hydrogen-bond acceptors (Lipinski definition) is 4. The quantitative estimate of drug-likeness (QED) is 0.843. The Morgan fingerprint density at radius 3 is 2.26 bits per heavy atom. The zero-order chi connectivity index (χ0) is 16.4. The van der Waals surface area contributed by atoms with Crippen molar-refractivity contribution in [3.63, 3.8) is 0 Å². The third-order valence-corrected chi connectivity index (χ3v) is 4.79. The normalized spacial score (nSPS) is 25.4. The first kappa shape index (κ1) is 16.0. The van der Waals surface area contributed by atoms with Gasteiger partial charge in [0.05, 0.1) is 18.4 Å². The molecule has 23 heavy (non-hydrogen) atoms. The monoisotopic (exact) mass is 317 g/mol. The van der Waals surface area contributed by atoms with Gasteiger partial charge >= 0.3 is 0 Å². The number of amides is 2. The third-order valence-electron chi connectivity index (χ3n) is 4.79. The number of imide groups is 1. The Hall–Kier alpha value is -1.88. The van der Waals surface area contributed by atoms with Crippen molar-refractivity contribution in [2.45, 2.75) is 38.7 Å². The summed E-state index contributed by atoms with van der Waals surface area (Å²) >= 11 is 0. The van der Waals surface area contributed by atoms with E-state index in [-0.39, 0.29) is 36.8 Å². The van der Waals surface area contributed by atoms with Crippen LogP contribution < -0.4 is 4.74 Å². The Kier molecular flexibility index (Phi) is 4.66. The molecule has 1 saturated carbocycles. The van der Waals surface area contributed by atoms with Crippen molar-refractivity contribution in [3.8, 4) is 5.75 Å². The molecule has 5 nitrogen and oxygen atoms in total. The van der Waals surface area contributed by atoms with Gasteiger partial charge in [0.15, 0.2) is 0 Å². The van der Waals surface area contributed by atoms with Crippen molar-refractivity contribution >= 4 is 11.8 Å². The fourth-order valence-corrected chi connectivity index (χ4v) is 3.50. The number of hydrogen-bond donors (Lipinski definition) is 1. The molecule has 0 bridgehead atoms. The largest absolute Gasteiger partial charge is 0.491 e. The van der Waals surface area contributed by atoms with Gasteiger partial charge in [-0.3, -0.25) is 14.5 Å². The number of ether oxygens (including phenoxy) is 1. The summed E-state index contributed by atoms with van der Waals surface area (Å²) in [5.74, 6) is 0.105. The Labute approximate surface area is 136 Å². The molecule has 0 spiro atoms. The lowest BCUT2D eigenvalue weighted by atomic mass is 9.81. The molecule has 1 aromatic rings. The highest BCUT2D eigenvalue weighted by Gasteiger charge is 2.48. The fourth-order valence-electron chi connectivity index (χ4n) is 3.50. The highest BCUT2D eigenvalue weighted by molar-refractivity contribution is 6.05. The molecule has 2 amide bonds. The van der Waals surface area contributed by atoms with Crippen LogP contribution in [0.3, 0.4) is 0 Å². The van der Waals surface area contributed by atoms with Crippen molar-refractivity contribution in [2.75, 3.05) is 13.2 Å². The van der Waals surface area contributed by atoms with Crippen LogP contribution >= 0.6 is 0 Å². The average Bonchev–Trinajstić information content (AvgIpc) is 2.80. The summed E-state index contributed by atoms with van der Waals surface area (Å²) in [4.78, 5) is 25.9. The van der Waals surface area contributed by atoms with E-state index in [4.69, 9.17) is 4.74 Å². The van der Waals surface area contributed by atoms with Crippen LogP contribution in [0.2, 0.25) is 0 Å². The molecule has 1 aromatic carbocycles. The van der Waals surface area contributed by atoms with E-state index in [1.807, 2.05) is 31.2 Å². The summed E-state index contributed by atoms with van der Waals surface area (Å²) in [6, 6.07) is 7.53. The summed E-state index contributed by atoms with van der Waals surface area (Å²) in [5, 5.41) is 10.1. The lowest BCUT2D eigenvalue weighted by molar-refractivity contribution is -0.141. The van der Waals surface area contributed by atoms with E-state index in [0.717, 1.165) is 31.2 Å². The summed E-state index contributed by atoms with van der Waals surface area (Å²) in [6.45, 7) is 2.08. The smallest absolute Gasteiger partial charge is 0.233 e. The van der Waals surface area contributed by atoms with E-state index in [2.05, 4.69) is 0 Å². The van der Waals surface area contributed by atoms with Gasteiger partial charge in [0.25, 0.3) is 0 Å². The summed E-state index contributed by atoms with van der Waals surface area (Å²) in [6.07, 6.45) is 2.73. The molecule has 1 aliphatic heterocycles. The predicted molar refractivity (Wildman–Crippen MR) is 84.8 cm³/mol. The molecule has 5 heteroatoms. The molecule has 1 heterocycles. The van der Waals surface area contributed by atoms with E-state index in [9.17, 15) is 14.7 Å². The van der Waals surface area contributed by atoms with E-state index in [0.29, 0.717) is 5.75 Å². The number of aliphatic hydroxyl groups excluding tert-OH is 1. The second-order valence-electron chi connectivity index (χ2n) is 6.56. The van der Waals surface area contributed by atoms with Crippen LogP contribution in [-0.2, 0) is 9.59 Å². The Balaban J connectivity index is 1.55. The topological polar surface area (TPSA) is 66.8 Å². The molecule has 3 rings (SSSR count). The molecule has 0 aromatic heterocycles. The van der Waals surface area contributed by atoms with Gasteiger partial charge in [-0.25, -0.2) is 0 Å². The first-order valence-corrected chi connectivity index (χ1v) is 8.29. The van der Waals surface area contributed by atoms with Gasteiger partial charge in [0.1, 0.15) is 18.5 Å². The summed E-state index contributed by atoms with van der Waals surface area (Å²) in [5.41, 5.74) is 1.13. The van der Waals surface area contributed by atoms with Gasteiger partial charge in [0, 0.05) is 0 Å². The zero-order valence-electron chi connectivity index (χ0n) is 13.4. The second kappa shape index (κ2) is 6.71. The Bertz CT molecular complexity index is 559. The highest BCUT2D eigenvalue weighted by atomic mass is 16.5. The van der Waals surface area contributed by atoms with Crippen molar-refractivity contribution < 1.29 is 19.4 Å². The first-order valence-electron chi connectivity index (χ1n) is 8.29. The molecule has 124 valence electrons. The molecular weight excluding hydrogens is 294 g/mol. The lowest BCUT2D eigenvalue weighted by Crippen LogP contribution is -2.40. The number of likely N-dealkylation sites (tertiary alicyclic amines) is 1. The number of carbonyl (C=O) groups excluding carboxylic acids is 2. The van der Waals surface area contributed by atoms with E-state index in [1.165, 1.54) is 4.90 Å². The number of β-amino-alcohol motifs (C(OH)–C–C–N with tert-alkyl or cyclic N) is 1. The van der Waals surface area contributed by atoms with Crippen LogP contribution in [0, 0.1) is 18.8 Å². The maximum absolute atomic E-state index is 12.4. The molecule has 3 atom stereocenters. The van der Waals surface area contributed by atoms with Crippen molar-refractivity contribution in [1.82, 2.24) is 4.90 Å². The van der Waals surface area contributed by atoms with Gasteiger partial charge in [-0.1, -0.05) is 30.5 Å². The van der Waals surface area contributed by atoms with E-state index >= 15 is 0 Å². The minimum Gasteiger partial charge on any atom is -0.491 e. The number of carbonyl (C=O) groups is 2. The van der Waals surface area contributed by atoms with Crippen LogP contribution in [0.4, 0.5) is 0 Å². The summed E-state index contributed by atoms with van der Waals surface area (Å²) in [7, 11) is 0. The average molecular weight is 317 g/mol. The number of benzene rings is 1. The Morgan fingerprint density at radius 1 is 1.13 bits per heavy atom. The van der Waals surface area contributed by atoms with Crippen LogP contribution in [0.25, 0.3) is 0 Å². The fraction of sp³-hybridized carbons (Fsp3) is 0.556. The van der Waals surface area contributed by atoms with Gasteiger partial charge in [-0.05, 0) is 31.9 Å². The number of rotatable bonds is 5. The van der Waals surface area contributed by atoms with Gasteiger partial charge in [0.2, 0.25) is 11.8 Å². The molecule has 1 N–H and O–H groups in total. The molecule has 0 unspecified atom stereocenters. The van der Waals surface area contributed by atoms with E-state index in [1.54, 1.807) is 0 Å². The maximum Gasteiger partial charge on any atom is 0.233 e. The molecule has 1 saturated heterocycles. The summed E-state index contributed by atoms with van der Waals surface area (Å²) < 4.78 is 5.52. The minimum absolute atomic E-state index is 0.0243. The SMILES string of the molecule is Cc1ccc(OC[C@H](O)CN2C(=O)[C@H]3CCCC[C@@H]3C2=O)cc1. The van der Waals surface area contributed by atoms with Gasteiger partial charge in [-0.15, -0.1) is 0 Å². The number of nitrogens with zero attached hydrogens (tertiary/aromatic N) is 1. The third kappa shape index (κ3) is 3.39. The highest BCUT2D eigenvalue weighted by Crippen LogP contribution is 2.37. The van der Waals surface area contributed by atoms with E-state index < -0.39 is 6.10 Å². The zero-order valence-corrected chi connectivity index (χ0v) is 13.4. The minimum atomic E-state index is -0.871. The first-order chi connectivity index (χ1) is 11.1. The number of aliphatic hydroxyl groups is 1. The number of aryl methyl sites for hydroxylation is 1. The Morgan fingerprint density at radius 2 is 1.70 bits per heavy atom. The predicted octanol–water partition coefficient (Wildman–Crippen LogP) is 1.91. The van der Waals surface area contributed by atoms with Crippen LogP contribution in [0.5, 0.6) is 5.75 Å².